The molecule has 0 fully saturated rings. The van der Waals surface area contributed by atoms with Crippen LogP contribution >= 0.6 is 11.3 Å². The van der Waals surface area contributed by atoms with Crippen molar-refractivity contribution in [1.29, 1.82) is 0 Å². The van der Waals surface area contributed by atoms with Crippen LogP contribution in [0.5, 0.6) is 0 Å². The van der Waals surface area contributed by atoms with E-state index in [-0.39, 0.29) is 6.17 Å². The summed E-state index contributed by atoms with van der Waals surface area (Å²) < 4.78 is 0. The van der Waals surface area contributed by atoms with Crippen molar-refractivity contribution in [2.24, 2.45) is 9.98 Å². The molecule has 0 aromatic carbocycles. The molecule has 1 aromatic rings. The number of hydrogen-bond donors (Lipinski definition) is 1. The van der Waals surface area contributed by atoms with E-state index in [0.29, 0.717) is 0 Å². The molecular weight excluding hydrogens is 246 g/mol. The fraction of sp³-hybridized carbons (Fsp3) is 0.500. The van der Waals surface area contributed by atoms with Gasteiger partial charge in [0.05, 0.1) is 0 Å². The Morgan fingerprint density at radius 2 is 2.00 bits per heavy atom. The summed E-state index contributed by atoms with van der Waals surface area (Å²) in [6, 6.07) is 2.13. The molecule has 0 saturated heterocycles. The molecule has 1 unspecified atom stereocenters. The van der Waals surface area contributed by atoms with Crippen LogP contribution in [0, 0.1) is 0 Å². The highest BCUT2D eigenvalue weighted by Gasteiger charge is 2.17. The standard InChI is InChI=1S/C12H19N5S/c1-9-13-11(16(2)3)15-12(14-9)17(4)7-10-5-6-18-8-10/h5-6,8-9H,7H2,1-4H3,(H,13,14,15). The van der Waals surface area contributed by atoms with Gasteiger partial charge in [0.15, 0.2) is 0 Å². The van der Waals surface area contributed by atoms with Gasteiger partial charge < -0.3 is 9.80 Å². The second kappa shape index (κ2) is 5.39. The molecule has 6 heteroatoms. The molecule has 0 spiro atoms. The molecule has 0 saturated carbocycles. The van der Waals surface area contributed by atoms with E-state index >= 15 is 0 Å². The van der Waals surface area contributed by atoms with Crippen LogP contribution in [0.25, 0.3) is 0 Å². The second-order valence-electron chi connectivity index (χ2n) is 4.54. The number of nitrogens with zero attached hydrogens (tertiary/aromatic N) is 4. The molecule has 0 amide bonds. The number of nitrogens with one attached hydrogen (secondary N) is 1. The Balaban J connectivity index is 2.04. The lowest BCUT2D eigenvalue weighted by Crippen LogP contribution is -2.49. The molecule has 18 heavy (non-hydrogen) atoms. The van der Waals surface area contributed by atoms with Crippen LogP contribution in [0.15, 0.2) is 26.8 Å². The second-order valence-corrected chi connectivity index (χ2v) is 5.32. The zero-order valence-electron chi connectivity index (χ0n) is 11.2. The van der Waals surface area contributed by atoms with Crippen molar-refractivity contribution in [2.45, 2.75) is 19.6 Å². The first-order chi connectivity index (χ1) is 8.56. The van der Waals surface area contributed by atoms with E-state index in [1.165, 1.54) is 5.56 Å². The molecule has 1 N–H and O–H groups in total. The van der Waals surface area contributed by atoms with Gasteiger partial charge in [0.25, 0.3) is 0 Å². The monoisotopic (exact) mass is 265 g/mol. The van der Waals surface area contributed by atoms with Crippen molar-refractivity contribution >= 4 is 23.3 Å². The van der Waals surface area contributed by atoms with Crippen LogP contribution in [0.1, 0.15) is 12.5 Å². The molecule has 1 aliphatic heterocycles. The quantitative estimate of drug-likeness (QED) is 0.879. The first-order valence-electron chi connectivity index (χ1n) is 5.88. The van der Waals surface area contributed by atoms with Crippen molar-refractivity contribution in [3.63, 3.8) is 0 Å². The molecule has 1 atom stereocenters. The SMILES string of the molecule is CC1N=C(N(C)C)NC(N(C)Cc2ccsc2)=N1. The van der Waals surface area contributed by atoms with Crippen molar-refractivity contribution in [1.82, 2.24) is 15.1 Å². The maximum absolute atomic E-state index is 4.52. The molecule has 0 aliphatic carbocycles. The summed E-state index contributed by atoms with van der Waals surface area (Å²) in [5.41, 5.74) is 1.30. The fourth-order valence-electron chi connectivity index (χ4n) is 1.70. The third kappa shape index (κ3) is 3.01. The number of rotatable bonds is 2. The highest BCUT2D eigenvalue weighted by molar-refractivity contribution is 7.07. The minimum absolute atomic E-state index is 0.0384. The van der Waals surface area contributed by atoms with Crippen molar-refractivity contribution in [2.75, 3.05) is 21.1 Å². The third-order valence-electron chi connectivity index (χ3n) is 2.63. The fourth-order valence-corrected chi connectivity index (χ4v) is 2.36. The lowest BCUT2D eigenvalue weighted by molar-refractivity contribution is 0.469. The molecule has 0 bridgehead atoms. The van der Waals surface area contributed by atoms with Gasteiger partial charge in [-0.25, -0.2) is 9.98 Å². The molecule has 0 radical (unpaired) electrons. The average molecular weight is 265 g/mol. The van der Waals surface area contributed by atoms with E-state index < -0.39 is 0 Å². The van der Waals surface area contributed by atoms with Crippen molar-refractivity contribution in [3.8, 4) is 0 Å². The number of hydrogen-bond acceptors (Lipinski definition) is 6. The van der Waals surface area contributed by atoms with E-state index in [9.17, 15) is 0 Å². The summed E-state index contributed by atoms with van der Waals surface area (Å²) in [5.74, 6) is 1.72. The summed E-state index contributed by atoms with van der Waals surface area (Å²) >= 11 is 1.72. The van der Waals surface area contributed by atoms with Gasteiger partial charge in [0, 0.05) is 27.7 Å². The van der Waals surface area contributed by atoms with Gasteiger partial charge in [-0.05, 0) is 29.3 Å². The number of thiophene rings is 1. The summed E-state index contributed by atoms with van der Waals surface area (Å²) in [5, 5.41) is 7.50. The summed E-state index contributed by atoms with van der Waals surface area (Å²) in [7, 11) is 5.98. The molecule has 2 heterocycles. The normalized spacial score (nSPS) is 18.8. The minimum Gasteiger partial charge on any atom is -0.349 e. The first-order valence-corrected chi connectivity index (χ1v) is 6.82. The lowest BCUT2D eigenvalue weighted by atomic mass is 10.3. The van der Waals surface area contributed by atoms with E-state index in [1.54, 1.807) is 11.3 Å². The van der Waals surface area contributed by atoms with Crippen molar-refractivity contribution in [3.05, 3.63) is 22.4 Å². The highest BCUT2D eigenvalue weighted by atomic mass is 32.1. The number of aliphatic imine (C=N–C) groups is 2. The minimum atomic E-state index is -0.0384. The zero-order chi connectivity index (χ0) is 13.1. The van der Waals surface area contributed by atoms with Gasteiger partial charge in [-0.3, -0.25) is 5.32 Å². The van der Waals surface area contributed by atoms with E-state index in [1.807, 2.05) is 33.0 Å². The predicted octanol–water partition coefficient (Wildman–Crippen LogP) is 1.40. The molecule has 5 nitrogen and oxygen atoms in total. The molecule has 98 valence electrons. The summed E-state index contributed by atoms with van der Waals surface area (Å²) in [6.07, 6.45) is -0.0384. The zero-order valence-corrected chi connectivity index (χ0v) is 12.0. The molecular formula is C12H19N5S. The first kappa shape index (κ1) is 12.9. The summed E-state index contributed by atoms with van der Waals surface area (Å²) in [6.45, 7) is 2.84. The Bertz CT molecular complexity index is 449. The summed E-state index contributed by atoms with van der Waals surface area (Å²) in [4.78, 5) is 13.0. The van der Waals surface area contributed by atoms with Crippen LogP contribution in [-0.4, -0.2) is 49.0 Å². The molecule has 1 aromatic heterocycles. The Kier molecular flexibility index (Phi) is 3.86. The Labute approximate surface area is 112 Å². The Hall–Kier alpha value is -1.56. The van der Waals surface area contributed by atoms with Crippen LogP contribution in [0.3, 0.4) is 0 Å². The Morgan fingerprint density at radius 1 is 1.28 bits per heavy atom. The van der Waals surface area contributed by atoms with Crippen molar-refractivity contribution < 1.29 is 0 Å². The van der Waals surface area contributed by atoms with Gasteiger partial charge >= 0.3 is 0 Å². The largest absolute Gasteiger partial charge is 0.349 e. The lowest BCUT2D eigenvalue weighted by Gasteiger charge is -2.29. The highest BCUT2D eigenvalue weighted by Crippen LogP contribution is 2.10. The smallest absolute Gasteiger partial charge is 0.202 e. The molecule has 1 aliphatic rings. The predicted molar refractivity (Wildman–Crippen MR) is 76.9 cm³/mol. The maximum atomic E-state index is 4.52. The van der Waals surface area contributed by atoms with Crippen LogP contribution < -0.4 is 5.32 Å². The average Bonchev–Trinajstić information content (AvgIpc) is 2.80. The Morgan fingerprint density at radius 3 is 2.61 bits per heavy atom. The van der Waals surface area contributed by atoms with Gasteiger partial charge in [-0.1, -0.05) is 0 Å². The van der Waals surface area contributed by atoms with E-state index in [2.05, 4.69) is 37.0 Å². The van der Waals surface area contributed by atoms with Crippen LogP contribution in [0.4, 0.5) is 0 Å². The van der Waals surface area contributed by atoms with Gasteiger partial charge in [-0.15, -0.1) is 0 Å². The third-order valence-corrected chi connectivity index (χ3v) is 3.36. The van der Waals surface area contributed by atoms with Crippen LogP contribution in [-0.2, 0) is 6.54 Å². The van der Waals surface area contributed by atoms with E-state index in [4.69, 9.17) is 0 Å². The maximum Gasteiger partial charge on any atom is 0.202 e. The van der Waals surface area contributed by atoms with Gasteiger partial charge in [0.1, 0.15) is 6.17 Å². The van der Waals surface area contributed by atoms with Gasteiger partial charge in [0.2, 0.25) is 11.9 Å². The number of guanidine groups is 2. The van der Waals surface area contributed by atoms with Crippen LogP contribution in [0.2, 0.25) is 0 Å². The van der Waals surface area contributed by atoms with E-state index in [0.717, 1.165) is 18.5 Å². The molecule has 2 rings (SSSR count). The van der Waals surface area contributed by atoms with Gasteiger partial charge in [-0.2, -0.15) is 11.3 Å². The topological polar surface area (TPSA) is 43.2 Å².